The molecule has 0 aliphatic carbocycles. The predicted molar refractivity (Wildman–Crippen MR) is 87.4 cm³/mol. The molecule has 0 fully saturated rings. The summed E-state index contributed by atoms with van der Waals surface area (Å²) in [5.41, 5.74) is 4.41. The highest BCUT2D eigenvalue weighted by molar-refractivity contribution is 6.34. The number of hydrogen-bond acceptors (Lipinski definition) is 3. The summed E-state index contributed by atoms with van der Waals surface area (Å²) in [4.78, 5) is 4.30. The highest BCUT2D eigenvalue weighted by atomic mass is 35.5. The van der Waals surface area contributed by atoms with Crippen LogP contribution in [0.15, 0.2) is 54.7 Å². The molecule has 0 saturated carbocycles. The number of halogens is 2. The van der Waals surface area contributed by atoms with Gasteiger partial charge in [0.15, 0.2) is 0 Å². The van der Waals surface area contributed by atoms with Crippen LogP contribution < -0.4 is 11.3 Å². The number of aromatic nitrogens is 1. The molecule has 0 bridgehead atoms. The molecule has 1 heterocycles. The van der Waals surface area contributed by atoms with Crippen molar-refractivity contribution in [3.63, 3.8) is 0 Å². The highest BCUT2D eigenvalue weighted by Crippen LogP contribution is 2.29. The molecule has 3 rings (SSSR count). The summed E-state index contributed by atoms with van der Waals surface area (Å²) in [5.74, 6) is 5.71. The Balaban J connectivity index is 2.09. The van der Waals surface area contributed by atoms with Crippen LogP contribution in [0.25, 0.3) is 10.8 Å². The Labute approximate surface area is 132 Å². The zero-order valence-electron chi connectivity index (χ0n) is 11.1. The SMILES string of the molecule is NNC(c1ccc2ccccc2c1)c1ncc(Cl)cc1Cl. The standard InChI is InChI=1S/C16H13Cl2N3/c17-13-8-14(18)16(20-9-13)15(21-19)12-6-5-10-3-1-2-4-11(10)7-12/h1-9,15,21H,19H2. The molecule has 3 N–H and O–H groups in total. The van der Waals surface area contributed by atoms with Crippen LogP contribution in [0.1, 0.15) is 17.3 Å². The highest BCUT2D eigenvalue weighted by Gasteiger charge is 2.17. The van der Waals surface area contributed by atoms with Gasteiger partial charge in [0.2, 0.25) is 0 Å². The number of nitrogens with zero attached hydrogens (tertiary/aromatic N) is 1. The minimum Gasteiger partial charge on any atom is -0.271 e. The van der Waals surface area contributed by atoms with Crippen LogP contribution in [0.2, 0.25) is 10.0 Å². The van der Waals surface area contributed by atoms with E-state index in [1.807, 2.05) is 18.2 Å². The molecule has 106 valence electrons. The minimum absolute atomic E-state index is 0.292. The molecule has 21 heavy (non-hydrogen) atoms. The molecule has 0 aliphatic rings. The Hall–Kier alpha value is -1.65. The van der Waals surface area contributed by atoms with Gasteiger partial charge in [-0.2, -0.15) is 0 Å². The number of rotatable bonds is 3. The summed E-state index contributed by atoms with van der Waals surface area (Å²) in [6.45, 7) is 0. The second-order valence-electron chi connectivity index (χ2n) is 4.73. The van der Waals surface area contributed by atoms with Gasteiger partial charge in [-0.1, -0.05) is 59.6 Å². The maximum Gasteiger partial charge on any atom is 0.0896 e. The lowest BCUT2D eigenvalue weighted by molar-refractivity contribution is 0.621. The van der Waals surface area contributed by atoms with Gasteiger partial charge in [0.05, 0.1) is 21.8 Å². The van der Waals surface area contributed by atoms with Gasteiger partial charge in [-0.15, -0.1) is 0 Å². The number of hydrazine groups is 1. The monoisotopic (exact) mass is 317 g/mol. The van der Waals surface area contributed by atoms with Crippen molar-refractivity contribution in [2.45, 2.75) is 6.04 Å². The third kappa shape index (κ3) is 2.87. The molecule has 0 amide bonds. The largest absolute Gasteiger partial charge is 0.271 e. The van der Waals surface area contributed by atoms with E-state index in [9.17, 15) is 0 Å². The zero-order valence-corrected chi connectivity index (χ0v) is 12.6. The molecular formula is C16H13Cl2N3. The van der Waals surface area contributed by atoms with Crippen molar-refractivity contribution >= 4 is 34.0 Å². The van der Waals surface area contributed by atoms with Crippen LogP contribution in [-0.4, -0.2) is 4.98 Å². The van der Waals surface area contributed by atoms with E-state index in [1.54, 1.807) is 12.3 Å². The number of nitrogens with two attached hydrogens (primary N) is 1. The van der Waals surface area contributed by atoms with Crippen molar-refractivity contribution in [1.82, 2.24) is 10.4 Å². The Bertz CT molecular complexity index is 789. The van der Waals surface area contributed by atoms with Crippen LogP contribution in [-0.2, 0) is 0 Å². The zero-order chi connectivity index (χ0) is 14.8. The van der Waals surface area contributed by atoms with E-state index in [1.165, 1.54) is 5.39 Å². The summed E-state index contributed by atoms with van der Waals surface area (Å²) < 4.78 is 0. The molecule has 3 aromatic rings. The van der Waals surface area contributed by atoms with Gasteiger partial charge in [0, 0.05) is 6.20 Å². The lowest BCUT2D eigenvalue weighted by atomic mass is 10.00. The first kappa shape index (κ1) is 14.3. The first-order chi connectivity index (χ1) is 10.2. The van der Waals surface area contributed by atoms with Crippen LogP contribution >= 0.6 is 23.2 Å². The van der Waals surface area contributed by atoms with Gasteiger partial charge in [-0.05, 0) is 28.5 Å². The molecular weight excluding hydrogens is 305 g/mol. The predicted octanol–water partition coefficient (Wildman–Crippen LogP) is 4.09. The molecule has 5 heteroatoms. The maximum atomic E-state index is 6.23. The van der Waals surface area contributed by atoms with Crippen molar-refractivity contribution in [3.8, 4) is 0 Å². The van der Waals surface area contributed by atoms with E-state index in [0.29, 0.717) is 15.7 Å². The molecule has 2 aromatic carbocycles. The second kappa shape index (κ2) is 6.00. The van der Waals surface area contributed by atoms with E-state index >= 15 is 0 Å². The number of nitrogens with one attached hydrogen (secondary N) is 1. The van der Waals surface area contributed by atoms with Crippen LogP contribution in [0, 0.1) is 0 Å². The average Bonchev–Trinajstić information content (AvgIpc) is 2.50. The Morgan fingerprint density at radius 2 is 1.76 bits per heavy atom. The first-order valence-corrected chi connectivity index (χ1v) is 7.20. The van der Waals surface area contributed by atoms with Crippen LogP contribution in [0.5, 0.6) is 0 Å². The van der Waals surface area contributed by atoms with E-state index < -0.39 is 0 Å². The third-order valence-electron chi connectivity index (χ3n) is 3.38. The van der Waals surface area contributed by atoms with E-state index in [-0.39, 0.29) is 6.04 Å². The van der Waals surface area contributed by atoms with E-state index in [4.69, 9.17) is 29.0 Å². The Morgan fingerprint density at radius 1 is 1.00 bits per heavy atom. The molecule has 1 atom stereocenters. The topological polar surface area (TPSA) is 50.9 Å². The van der Waals surface area contributed by atoms with Crippen molar-refractivity contribution in [2.75, 3.05) is 0 Å². The van der Waals surface area contributed by atoms with Gasteiger partial charge >= 0.3 is 0 Å². The lowest BCUT2D eigenvalue weighted by Gasteiger charge is -2.17. The first-order valence-electron chi connectivity index (χ1n) is 6.45. The minimum atomic E-state index is -0.292. The van der Waals surface area contributed by atoms with Gasteiger partial charge < -0.3 is 0 Å². The number of pyridine rings is 1. The molecule has 0 radical (unpaired) electrons. The van der Waals surface area contributed by atoms with Crippen LogP contribution in [0.3, 0.4) is 0 Å². The van der Waals surface area contributed by atoms with Gasteiger partial charge in [0.25, 0.3) is 0 Å². The second-order valence-corrected chi connectivity index (χ2v) is 5.57. The molecule has 1 aromatic heterocycles. The summed E-state index contributed by atoms with van der Waals surface area (Å²) in [6, 6.07) is 15.7. The fraction of sp³-hybridized carbons (Fsp3) is 0.0625. The molecule has 1 unspecified atom stereocenters. The fourth-order valence-electron chi connectivity index (χ4n) is 2.36. The van der Waals surface area contributed by atoms with Crippen molar-refractivity contribution in [1.29, 1.82) is 0 Å². The van der Waals surface area contributed by atoms with Crippen molar-refractivity contribution in [3.05, 3.63) is 76.0 Å². The number of fused-ring (bicyclic) bond motifs is 1. The van der Waals surface area contributed by atoms with Crippen molar-refractivity contribution in [2.24, 2.45) is 5.84 Å². The summed E-state index contributed by atoms with van der Waals surface area (Å²) >= 11 is 12.1. The van der Waals surface area contributed by atoms with Crippen molar-refractivity contribution < 1.29 is 0 Å². The number of hydrogen-bond donors (Lipinski definition) is 2. The van der Waals surface area contributed by atoms with Crippen LogP contribution in [0.4, 0.5) is 0 Å². The average molecular weight is 318 g/mol. The summed E-state index contributed by atoms with van der Waals surface area (Å²) in [7, 11) is 0. The number of benzene rings is 2. The van der Waals surface area contributed by atoms with Gasteiger partial charge in [-0.25, -0.2) is 5.43 Å². The summed E-state index contributed by atoms with van der Waals surface area (Å²) in [6.07, 6.45) is 1.56. The quantitative estimate of drug-likeness (QED) is 0.565. The Morgan fingerprint density at radius 3 is 2.48 bits per heavy atom. The van der Waals surface area contributed by atoms with Gasteiger partial charge in [0.1, 0.15) is 0 Å². The van der Waals surface area contributed by atoms with E-state index in [2.05, 4.69) is 34.7 Å². The lowest BCUT2D eigenvalue weighted by Crippen LogP contribution is -2.29. The fourth-order valence-corrected chi connectivity index (χ4v) is 2.85. The molecule has 0 spiro atoms. The smallest absolute Gasteiger partial charge is 0.0896 e. The molecule has 3 nitrogen and oxygen atoms in total. The van der Waals surface area contributed by atoms with Gasteiger partial charge in [-0.3, -0.25) is 10.8 Å². The molecule has 0 saturated heterocycles. The van der Waals surface area contributed by atoms with E-state index in [0.717, 1.165) is 10.9 Å². The molecule has 0 aliphatic heterocycles. The summed E-state index contributed by atoms with van der Waals surface area (Å²) in [5, 5.41) is 3.30. The maximum absolute atomic E-state index is 6.23. The third-order valence-corrected chi connectivity index (χ3v) is 3.89. The Kier molecular flexibility index (Phi) is 4.08. The normalized spacial score (nSPS) is 12.5.